The summed E-state index contributed by atoms with van der Waals surface area (Å²) in [7, 11) is 0. The molecule has 0 aliphatic heterocycles. The minimum atomic E-state index is -1.11. The van der Waals surface area contributed by atoms with E-state index in [1.54, 1.807) is 0 Å². The summed E-state index contributed by atoms with van der Waals surface area (Å²) >= 11 is 0. The molecule has 1 saturated carbocycles. The molecule has 0 heterocycles. The first-order chi connectivity index (χ1) is 16.4. The highest BCUT2D eigenvalue weighted by Gasteiger charge is 2.39. The van der Waals surface area contributed by atoms with Crippen LogP contribution in [0.3, 0.4) is 0 Å². The van der Waals surface area contributed by atoms with Gasteiger partial charge in [0.25, 0.3) is 0 Å². The Balaban J connectivity index is 1.40. The summed E-state index contributed by atoms with van der Waals surface area (Å²) in [6, 6.07) is 15.2. The Bertz CT molecular complexity index is 1040. The molecule has 0 radical (unpaired) electrons. The largest absolute Gasteiger partial charge is 0.480 e. The van der Waals surface area contributed by atoms with Crippen LogP contribution in [0.5, 0.6) is 0 Å². The van der Waals surface area contributed by atoms with E-state index in [1.807, 2.05) is 24.3 Å². The number of fused-ring (bicyclic) bond motifs is 3. The number of hydrogen-bond acceptors (Lipinski definition) is 4. The average Bonchev–Trinajstić information content (AvgIpc) is 3.39. The van der Waals surface area contributed by atoms with E-state index in [0.29, 0.717) is 12.8 Å². The second-order valence-corrected chi connectivity index (χ2v) is 9.10. The van der Waals surface area contributed by atoms with Crippen molar-refractivity contribution in [3.63, 3.8) is 0 Å². The molecule has 7 nitrogen and oxygen atoms in total. The maximum Gasteiger partial charge on any atom is 0.407 e. The Morgan fingerprint density at radius 3 is 2.21 bits per heavy atom. The Hall–Kier alpha value is -3.61. The number of carbonyl (C=O) groups excluding carboxylic acids is 2. The molecule has 2 aliphatic rings. The molecule has 0 bridgehead atoms. The first-order valence-corrected chi connectivity index (χ1v) is 11.7. The van der Waals surface area contributed by atoms with Gasteiger partial charge in [-0.2, -0.15) is 0 Å². The number of nitrogens with one attached hydrogen (secondary N) is 2. The van der Waals surface area contributed by atoms with Gasteiger partial charge in [0, 0.05) is 12.3 Å². The van der Waals surface area contributed by atoms with Gasteiger partial charge in [-0.1, -0.05) is 67.4 Å². The molecule has 2 aromatic rings. The molecule has 2 aliphatic carbocycles. The van der Waals surface area contributed by atoms with E-state index in [4.69, 9.17) is 4.74 Å². The predicted molar refractivity (Wildman–Crippen MR) is 128 cm³/mol. The molecule has 1 atom stereocenters. The normalized spacial score (nSPS) is 16.7. The van der Waals surface area contributed by atoms with Crippen molar-refractivity contribution in [3.05, 3.63) is 72.3 Å². The summed E-state index contributed by atoms with van der Waals surface area (Å²) < 4.78 is 5.68. The smallest absolute Gasteiger partial charge is 0.407 e. The summed E-state index contributed by atoms with van der Waals surface area (Å²) in [5, 5.41) is 14.8. The highest BCUT2D eigenvalue weighted by Crippen LogP contribution is 2.44. The van der Waals surface area contributed by atoms with Gasteiger partial charge in [-0.15, -0.1) is 6.58 Å². The number of benzene rings is 2. The molecule has 178 valence electrons. The molecule has 1 unspecified atom stereocenters. The average molecular weight is 463 g/mol. The number of aliphatic carboxylic acids is 1. The number of carbonyl (C=O) groups is 3. The van der Waals surface area contributed by atoms with E-state index in [2.05, 4.69) is 41.5 Å². The van der Waals surface area contributed by atoms with E-state index < -0.39 is 29.6 Å². The van der Waals surface area contributed by atoms with E-state index >= 15 is 0 Å². The summed E-state index contributed by atoms with van der Waals surface area (Å²) in [6.07, 6.45) is 4.09. The van der Waals surface area contributed by atoms with Crippen molar-refractivity contribution >= 4 is 18.0 Å². The molecular formula is C27H30N2O5. The van der Waals surface area contributed by atoms with Crippen LogP contribution in [0, 0.1) is 0 Å². The fraction of sp³-hybridized carbons (Fsp3) is 0.370. The van der Waals surface area contributed by atoms with E-state index in [1.165, 1.54) is 6.08 Å². The van der Waals surface area contributed by atoms with Gasteiger partial charge >= 0.3 is 12.1 Å². The van der Waals surface area contributed by atoms with Gasteiger partial charge in [-0.3, -0.25) is 4.79 Å². The van der Waals surface area contributed by atoms with Crippen LogP contribution in [0.25, 0.3) is 11.1 Å². The Labute approximate surface area is 199 Å². The predicted octanol–water partition coefficient (Wildman–Crippen LogP) is 4.37. The first-order valence-electron chi connectivity index (χ1n) is 11.7. The summed E-state index contributed by atoms with van der Waals surface area (Å²) in [5.74, 6) is -1.57. The number of alkyl carbamates (subject to hydrolysis) is 1. The topological polar surface area (TPSA) is 105 Å². The molecular weight excluding hydrogens is 432 g/mol. The number of rotatable bonds is 9. The van der Waals surface area contributed by atoms with E-state index in [-0.39, 0.29) is 25.4 Å². The summed E-state index contributed by atoms with van der Waals surface area (Å²) in [4.78, 5) is 36.8. The highest BCUT2D eigenvalue weighted by molar-refractivity contribution is 5.85. The minimum Gasteiger partial charge on any atom is -0.480 e. The van der Waals surface area contributed by atoms with Gasteiger partial charge < -0.3 is 20.5 Å². The van der Waals surface area contributed by atoms with E-state index in [0.717, 1.165) is 35.1 Å². The Morgan fingerprint density at radius 1 is 1.06 bits per heavy atom. The SMILES string of the molecule is C=CCC(NC(=O)CC1(NC(=O)OCC2c3ccccc3-c3ccccc32)CCCC1)C(=O)O. The van der Waals surface area contributed by atoms with Gasteiger partial charge in [-0.25, -0.2) is 9.59 Å². The molecule has 0 saturated heterocycles. The van der Waals surface area contributed by atoms with Crippen LogP contribution in [0.2, 0.25) is 0 Å². The van der Waals surface area contributed by atoms with Crippen molar-refractivity contribution in [2.24, 2.45) is 0 Å². The van der Waals surface area contributed by atoms with Crippen molar-refractivity contribution in [2.45, 2.75) is 56.0 Å². The maximum atomic E-state index is 12.8. The molecule has 34 heavy (non-hydrogen) atoms. The third kappa shape index (κ3) is 4.98. The summed E-state index contributed by atoms with van der Waals surface area (Å²) in [5.41, 5.74) is 3.85. The molecule has 7 heteroatoms. The quantitative estimate of drug-likeness (QED) is 0.480. The molecule has 0 aromatic heterocycles. The van der Waals surface area contributed by atoms with Gasteiger partial charge in [-0.05, 0) is 41.5 Å². The zero-order valence-electron chi connectivity index (χ0n) is 19.1. The van der Waals surface area contributed by atoms with Gasteiger partial charge in [0.15, 0.2) is 0 Å². The molecule has 4 rings (SSSR count). The molecule has 0 spiro atoms. The van der Waals surface area contributed by atoms with Crippen LogP contribution in [-0.2, 0) is 14.3 Å². The molecule has 1 fully saturated rings. The van der Waals surface area contributed by atoms with Gasteiger partial charge in [0.05, 0.1) is 5.54 Å². The second kappa shape index (κ2) is 10.1. The number of carboxylic acid groups (broad SMARTS) is 1. The lowest BCUT2D eigenvalue weighted by molar-refractivity contribution is -0.142. The van der Waals surface area contributed by atoms with Crippen molar-refractivity contribution in [3.8, 4) is 11.1 Å². The molecule has 2 amide bonds. The van der Waals surface area contributed by atoms with Gasteiger partial charge in [0.1, 0.15) is 12.6 Å². The fourth-order valence-corrected chi connectivity index (χ4v) is 5.19. The van der Waals surface area contributed by atoms with Crippen molar-refractivity contribution < 1.29 is 24.2 Å². The lowest BCUT2D eigenvalue weighted by Gasteiger charge is -2.30. The first kappa shape index (κ1) is 23.5. The fourth-order valence-electron chi connectivity index (χ4n) is 5.19. The third-order valence-corrected chi connectivity index (χ3v) is 6.81. The van der Waals surface area contributed by atoms with Crippen LogP contribution in [0.1, 0.15) is 55.6 Å². The number of carboxylic acids is 1. The van der Waals surface area contributed by atoms with Crippen molar-refractivity contribution in [1.82, 2.24) is 10.6 Å². The summed E-state index contributed by atoms with van der Waals surface area (Å²) in [6.45, 7) is 3.74. The van der Waals surface area contributed by atoms with Crippen molar-refractivity contribution in [2.75, 3.05) is 6.61 Å². The van der Waals surface area contributed by atoms with E-state index in [9.17, 15) is 19.5 Å². The maximum absolute atomic E-state index is 12.8. The molecule has 3 N–H and O–H groups in total. The number of ether oxygens (including phenoxy) is 1. The lowest BCUT2D eigenvalue weighted by Crippen LogP contribution is -2.51. The zero-order valence-corrected chi connectivity index (χ0v) is 19.1. The second-order valence-electron chi connectivity index (χ2n) is 9.10. The monoisotopic (exact) mass is 462 g/mol. The van der Waals surface area contributed by atoms with Crippen LogP contribution in [0.4, 0.5) is 4.79 Å². The van der Waals surface area contributed by atoms with Crippen LogP contribution in [-0.4, -0.2) is 41.3 Å². The van der Waals surface area contributed by atoms with Crippen LogP contribution in [0.15, 0.2) is 61.2 Å². The lowest BCUT2D eigenvalue weighted by atomic mass is 9.92. The van der Waals surface area contributed by atoms with Crippen LogP contribution >= 0.6 is 0 Å². The number of amides is 2. The zero-order chi connectivity index (χ0) is 24.1. The Kier molecular flexibility index (Phi) is 7.01. The minimum absolute atomic E-state index is 0.0120. The Morgan fingerprint density at radius 2 is 1.65 bits per heavy atom. The standard InChI is InChI=1S/C27H30N2O5/c1-2-9-23(25(31)32)28-24(30)16-27(14-7-8-15-27)29-26(33)34-17-22-20-12-5-3-10-18(20)19-11-4-6-13-21(19)22/h2-6,10-13,22-23H,1,7-9,14-17H2,(H,28,30)(H,29,33)(H,31,32). The van der Waals surface area contributed by atoms with Crippen LogP contribution < -0.4 is 10.6 Å². The van der Waals surface area contributed by atoms with Gasteiger partial charge in [0.2, 0.25) is 5.91 Å². The molecule has 2 aromatic carbocycles. The highest BCUT2D eigenvalue weighted by atomic mass is 16.5. The van der Waals surface area contributed by atoms with Crippen molar-refractivity contribution in [1.29, 1.82) is 0 Å². The third-order valence-electron chi connectivity index (χ3n) is 6.81. The number of hydrogen-bond donors (Lipinski definition) is 3.